The molecule has 0 aliphatic rings. The fourth-order valence-corrected chi connectivity index (χ4v) is 3.38. The molecule has 19 heavy (non-hydrogen) atoms. The van der Waals surface area contributed by atoms with Crippen LogP contribution in [0.3, 0.4) is 0 Å². The fourth-order valence-electron chi connectivity index (χ4n) is 1.63. The zero-order valence-electron chi connectivity index (χ0n) is 10.8. The van der Waals surface area contributed by atoms with E-state index in [1.807, 2.05) is 4.34 Å². The minimum Gasteiger partial charge on any atom is -0.468 e. The van der Waals surface area contributed by atoms with Crippen LogP contribution in [0.15, 0.2) is 0 Å². The molecule has 2 heterocycles. The second-order valence-electron chi connectivity index (χ2n) is 3.90. The smallest absolute Gasteiger partial charge is 0.302 e. The molecule has 104 valence electrons. The number of halogens is 1. The minimum absolute atomic E-state index is 0.371. The SMILES string of the molecule is CCCCNc1nc(N)c2nc(OC)n(PI)c2n1. The largest absolute Gasteiger partial charge is 0.468 e. The normalized spacial score (nSPS) is 11.5. The highest BCUT2D eigenvalue weighted by molar-refractivity contribution is 14.2. The van der Waals surface area contributed by atoms with E-state index in [-0.39, 0.29) is 0 Å². The van der Waals surface area contributed by atoms with Crippen LogP contribution in [0.2, 0.25) is 0 Å². The number of nitrogens with zero attached hydrogens (tertiary/aromatic N) is 4. The van der Waals surface area contributed by atoms with Crippen molar-refractivity contribution < 1.29 is 4.74 Å². The first-order chi connectivity index (χ1) is 9.21. The molecule has 0 radical (unpaired) electrons. The van der Waals surface area contributed by atoms with Gasteiger partial charge in [-0.25, -0.2) is 4.34 Å². The molecule has 3 N–H and O–H groups in total. The summed E-state index contributed by atoms with van der Waals surface area (Å²) in [6.45, 7) is 2.97. The summed E-state index contributed by atoms with van der Waals surface area (Å²) in [5.41, 5.74) is 7.22. The predicted molar refractivity (Wildman–Crippen MR) is 87.4 cm³/mol. The summed E-state index contributed by atoms with van der Waals surface area (Å²) in [6.07, 6.45) is 2.62. The maximum Gasteiger partial charge on any atom is 0.302 e. The Morgan fingerprint density at radius 3 is 2.84 bits per heavy atom. The molecule has 9 heteroatoms. The van der Waals surface area contributed by atoms with Crippen molar-refractivity contribution >= 4 is 51.3 Å². The second-order valence-corrected chi connectivity index (χ2v) is 5.97. The van der Waals surface area contributed by atoms with Gasteiger partial charge in [0.2, 0.25) is 5.95 Å². The molecule has 7 nitrogen and oxygen atoms in total. The lowest BCUT2D eigenvalue weighted by Crippen LogP contribution is -2.07. The van der Waals surface area contributed by atoms with Crippen molar-refractivity contribution in [2.24, 2.45) is 0 Å². The Balaban J connectivity index is 2.42. The molecular weight excluding hydrogens is 378 g/mol. The number of anilines is 2. The zero-order chi connectivity index (χ0) is 13.8. The third-order valence-electron chi connectivity index (χ3n) is 2.58. The number of fused-ring (bicyclic) bond motifs is 1. The van der Waals surface area contributed by atoms with Crippen LogP contribution >= 0.6 is 28.4 Å². The summed E-state index contributed by atoms with van der Waals surface area (Å²) in [5.74, 6) is 0.910. The third-order valence-corrected chi connectivity index (χ3v) is 4.60. The zero-order valence-corrected chi connectivity index (χ0v) is 13.9. The van der Waals surface area contributed by atoms with Gasteiger partial charge in [-0.05, 0) is 28.5 Å². The van der Waals surface area contributed by atoms with Crippen LogP contribution in [0.5, 0.6) is 6.01 Å². The molecule has 0 amide bonds. The van der Waals surface area contributed by atoms with Gasteiger partial charge in [-0.3, -0.25) is 0 Å². The topological polar surface area (TPSA) is 90.9 Å². The van der Waals surface area contributed by atoms with E-state index in [0.29, 0.717) is 35.3 Å². The lowest BCUT2D eigenvalue weighted by molar-refractivity contribution is 0.381. The molecule has 0 aliphatic heterocycles. The van der Waals surface area contributed by atoms with Gasteiger partial charge in [0.25, 0.3) is 0 Å². The lowest BCUT2D eigenvalue weighted by atomic mass is 10.3. The number of hydrogen-bond donors (Lipinski definition) is 2. The molecule has 1 atom stereocenters. The summed E-state index contributed by atoms with van der Waals surface area (Å²) in [4.78, 5) is 13.0. The summed E-state index contributed by atoms with van der Waals surface area (Å²) in [6, 6.07) is 0.509. The standard InChI is InChI=1S/C10H16IN6OP/c1-3-4-5-13-9-15-7(12)6-8(16-9)17(19-11)10(14-6)18-2/h19H,3-5H2,1-2H3,(H3,12,13,15,16). The number of nitrogen functional groups attached to an aromatic ring is 1. The fraction of sp³-hybridized carbons (Fsp3) is 0.500. The van der Waals surface area contributed by atoms with Crippen molar-refractivity contribution in [1.29, 1.82) is 0 Å². The quantitative estimate of drug-likeness (QED) is 0.444. The van der Waals surface area contributed by atoms with Crippen molar-refractivity contribution in [1.82, 2.24) is 19.3 Å². The Bertz CT molecular complexity index is 575. The monoisotopic (exact) mass is 394 g/mol. The van der Waals surface area contributed by atoms with Crippen molar-refractivity contribution in [3.05, 3.63) is 0 Å². The lowest BCUT2D eigenvalue weighted by Gasteiger charge is -2.06. The van der Waals surface area contributed by atoms with Gasteiger partial charge >= 0.3 is 6.01 Å². The maximum absolute atomic E-state index is 5.93. The second kappa shape index (κ2) is 6.51. The van der Waals surface area contributed by atoms with Crippen LogP contribution in [-0.2, 0) is 0 Å². The van der Waals surface area contributed by atoms with Gasteiger partial charge in [0.15, 0.2) is 17.0 Å². The molecule has 0 aliphatic carbocycles. The molecule has 0 fully saturated rings. The predicted octanol–water partition coefficient (Wildman–Crippen LogP) is 2.42. The van der Waals surface area contributed by atoms with Crippen LogP contribution in [-0.4, -0.2) is 32.9 Å². The summed E-state index contributed by atoms with van der Waals surface area (Å²) < 4.78 is 7.11. The number of rotatable bonds is 6. The number of nitrogens with one attached hydrogen (secondary N) is 1. The summed E-state index contributed by atoms with van der Waals surface area (Å²) >= 11 is 2.25. The van der Waals surface area contributed by atoms with Gasteiger partial charge < -0.3 is 15.8 Å². The summed E-state index contributed by atoms with van der Waals surface area (Å²) in [5, 5.41) is 3.17. The van der Waals surface area contributed by atoms with Crippen molar-refractivity contribution in [3.63, 3.8) is 0 Å². The number of methoxy groups -OCH3 is 1. The summed E-state index contributed by atoms with van der Waals surface area (Å²) in [7, 11) is 1.58. The number of imidazole rings is 1. The van der Waals surface area contributed by atoms with E-state index in [1.165, 1.54) is 0 Å². The van der Waals surface area contributed by atoms with Crippen LogP contribution in [0.4, 0.5) is 11.8 Å². The van der Waals surface area contributed by atoms with Gasteiger partial charge in [-0.2, -0.15) is 15.0 Å². The van der Waals surface area contributed by atoms with Crippen molar-refractivity contribution in [3.8, 4) is 6.01 Å². The van der Waals surface area contributed by atoms with Crippen LogP contribution < -0.4 is 15.8 Å². The molecule has 0 spiro atoms. The number of aromatic nitrogens is 4. The molecule has 0 aromatic carbocycles. The first-order valence-electron chi connectivity index (χ1n) is 5.91. The minimum atomic E-state index is 0.371. The molecule has 0 saturated heterocycles. The van der Waals surface area contributed by atoms with E-state index in [2.05, 4.69) is 49.2 Å². The average molecular weight is 394 g/mol. The number of unbranched alkanes of at least 4 members (excludes halogenated alkanes) is 1. The Hall–Kier alpha value is -0.890. The van der Waals surface area contributed by atoms with Crippen molar-refractivity contribution in [2.45, 2.75) is 19.8 Å². The highest BCUT2D eigenvalue weighted by atomic mass is 127. The molecule has 2 aromatic heterocycles. The van der Waals surface area contributed by atoms with Gasteiger partial charge in [0, 0.05) is 6.54 Å². The Morgan fingerprint density at radius 2 is 2.21 bits per heavy atom. The van der Waals surface area contributed by atoms with E-state index in [0.717, 1.165) is 19.4 Å². The molecule has 2 rings (SSSR count). The van der Waals surface area contributed by atoms with E-state index in [1.54, 1.807) is 7.11 Å². The van der Waals surface area contributed by atoms with Gasteiger partial charge in [0.05, 0.1) is 13.5 Å². The van der Waals surface area contributed by atoms with E-state index < -0.39 is 0 Å². The molecule has 0 bridgehead atoms. The Kier molecular flexibility index (Phi) is 4.98. The number of ether oxygens (including phenoxy) is 1. The van der Waals surface area contributed by atoms with E-state index in [9.17, 15) is 0 Å². The van der Waals surface area contributed by atoms with E-state index >= 15 is 0 Å². The maximum atomic E-state index is 5.93. The number of nitrogens with two attached hydrogens (primary N) is 1. The van der Waals surface area contributed by atoms with E-state index in [4.69, 9.17) is 10.5 Å². The third kappa shape index (κ3) is 3.00. The first-order valence-corrected chi connectivity index (χ1v) is 9.97. The molecule has 2 aromatic rings. The molecule has 1 unspecified atom stereocenters. The molecule has 0 saturated carbocycles. The highest BCUT2D eigenvalue weighted by Gasteiger charge is 2.16. The van der Waals surface area contributed by atoms with Crippen molar-refractivity contribution in [2.75, 3.05) is 24.7 Å². The van der Waals surface area contributed by atoms with Gasteiger partial charge in [-0.1, -0.05) is 13.3 Å². The first kappa shape index (κ1) is 14.5. The van der Waals surface area contributed by atoms with Gasteiger partial charge in [-0.15, -0.1) is 0 Å². The van der Waals surface area contributed by atoms with Crippen LogP contribution in [0.1, 0.15) is 19.8 Å². The Labute approximate surface area is 126 Å². The van der Waals surface area contributed by atoms with Crippen LogP contribution in [0, 0.1) is 0 Å². The highest BCUT2D eigenvalue weighted by Crippen LogP contribution is 2.35. The van der Waals surface area contributed by atoms with Gasteiger partial charge in [0.1, 0.15) is 0 Å². The molecular formula is C10H16IN6OP. The number of hydrogen-bond acceptors (Lipinski definition) is 6. The van der Waals surface area contributed by atoms with Crippen LogP contribution in [0.25, 0.3) is 11.2 Å². The average Bonchev–Trinajstić information content (AvgIpc) is 2.77. The Morgan fingerprint density at radius 1 is 1.42 bits per heavy atom.